The van der Waals surface area contributed by atoms with Gasteiger partial charge in [-0.05, 0) is 47.6 Å². The van der Waals surface area contributed by atoms with E-state index in [9.17, 15) is 0 Å². The van der Waals surface area contributed by atoms with E-state index in [1.807, 2.05) is 0 Å². The van der Waals surface area contributed by atoms with Crippen molar-refractivity contribution >= 4 is 5.57 Å². The van der Waals surface area contributed by atoms with Gasteiger partial charge in [-0.1, -0.05) is 55.5 Å². The third-order valence-electron chi connectivity index (χ3n) is 3.97. The second kappa shape index (κ2) is 5.96. The Morgan fingerprint density at radius 2 is 1.95 bits per heavy atom. The molecule has 0 amide bonds. The molecule has 0 unspecified atom stereocenters. The highest BCUT2D eigenvalue weighted by atomic mass is 14.9. The molecule has 0 spiro atoms. The molecular formula is C19H21N. The molecular weight excluding hydrogens is 242 g/mol. The lowest BCUT2D eigenvalue weighted by Gasteiger charge is -2.23. The highest BCUT2D eigenvalue weighted by molar-refractivity contribution is 5.74. The molecule has 1 aromatic carbocycles. The van der Waals surface area contributed by atoms with E-state index in [-0.39, 0.29) is 0 Å². The van der Waals surface area contributed by atoms with Crippen LogP contribution in [0.15, 0.2) is 71.5 Å². The van der Waals surface area contributed by atoms with E-state index in [1.54, 1.807) is 0 Å². The molecule has 1 heterocycles. The lowest BCUT2D eigenvalue weighted by atomic mass is 9.92. The predicted molar refractivity (Wildman–Crippen MR) is 86.2 cm³/mol. The molecule has 0 atom stereocenters. The summed E-state index contributed by atoms with van der Waals surface area (Å²) in [4.78, 5) is 0. The smallest absolute Gasteiger partial charge is 0.0415 e. The zero-order valence-electron chi connectivity index (χ0n) is 12.0. The van der Waals surface area contributed by atoms with Crippen molar-refractivity contribution in [1.29, 1.82) is 0 Å². The first kappa shape index (κ1) is 13.0. The van der Waals surface area contributed by atoms with E-state index < -0.39 is 0 Å². The van der Waals surface area contributed by atoms with Crippen LogP contribution < -0.4 is 5.32 Å². The van der Waals surface area contributed by atoms with Gasteiger partial charge in [0.2, 0.25) is 0 Å². The summed E-state index contributed by atoms with van der Waals surface area (Å²) < 4.78 is 0. The number of hydrogen-bond acceptors (Lipinski definition) is 1. The lowest BCUT2D eigenvalue weighted by Crippen LogP contribution is -2.22. The van der Waals surface area contributed by atoms with Crippen LogP contribution in [0.2, 0.25) is 0 Å². The normalized spacial score (nSPS) is 18.4. The number of nitrogens with one attached hydrogen (secondary N) is 1. The Bertz CT molecular complexity index is 600. The third-order valence-corrected chi connectivity index (χ3v) is 3.97. The Labute approximate surface area is 121 Å². The molecule has 1 N–H and O–H groups in total. The van der Waals surface area contributed by atoms with E-state index in [2.05, 4.69) is 66.9 Å². The van der Waals surface area contributed by atoms with E-state index in [1.165, 1.54) is 34.4 Å². The molecule has 1 aromatic rings. The van der Waals surface area contributed by atoms with Crippen LogP contribution >= 0.6 is 0 Å². The molecule has 1 nitrogen and oxygen atoms in total. The van der Waals surface area contributed by atoms with Gasteiger partial charge < -0.3 is 5.32 Å². The largest absolute Gasteiger partial charge is 0.380 e. The van der Waals surface area contributed by atoms with Crippen molar-refractivity contribution in [3.63, 3.8) is 0 Å². The summed E-state index contributed by atoms with van der Waals surface area (Å²) in [5.74, 6) is 0. The van der Waals surface area contributed by atoms with Gasteiger partial charge in [0.1, 0.15) is 0 Å². The topological polar surface area (TPSA) is 12.0 Å². The van der Waals surface area contributed by atoms with Crippen molar-refractivity contribution in [3.8, 4) is 0 Å². The number of hydrogen-bond donors (Lipinski definition) is 1. The lowest BCUT2D eigenvalue weighted by molar-refractivity contribution is 0.886. The Hall–Kier alpha value is -2.02. The quantitative estimate of drug-likeness (QED) is 0.839. The molecule has 20 heavy (non-hydrogen) atoms. The van der Waals surface area contributed by atoms with Gasteiger partial charge in [-0.2, -0.15) is 0 Å². The highest BCUT2D eigenvalue weighted by Crippen LogP contribution is 2.28. The molecule has 0 aromatic heterocycles. The highest BCUT2D eigenvalue weighted by Gasteiger charge is 2.15. The van der Waals surface area contributed by atoms with Crippen LogP contribution in [-0.2, 0) is 0 Å². The summed E-state index contributed by atoms with van der Waals surface area (Å²) in [5.41, 5.74) is 6.83. The van der Waals surface area contributed by atoms with Crippen LogP contribution in [0, 0.1) is 0 Å². The molecule has 2 aliphatic rings. The Morgan fingerprint density at radius 1 is 1.10 bits per heavy atom. The van der Waals surface area contributed by atoms with Gasteiger partial charge in [-0.25, -0.2) is 0 Å². The van der Waals surface area contributed by atoms with Gasteiger partial charge in [-0.3, -0.25) is 0 Å². The van der Waals surface area contributed by atoms with Crippen molar-refractivity contribution in [2.45, 2.75) is 26.2 Å². The molecule has 0 bridgehead atoms. The summed E-state index contributed by atoms with van der Waals surface area (Å²) in [6.45, 7) is 3.16. The average molecular weight is 263 g/mol. The Kier molecular flexibility index (Phi) is 3.87. The minimum Gasteiger partial charge on any atom is -0.380 e. The minimum absolute atomic E-state index is 0.921. The molecule has 1 heteroatoms. The molecule has 0 saturated heterocycles. The van der Waals surface area contributed by atoms with Crippen molar-refractivity contribution in [3.05, 3.63) is 77.0 Å². The Balaban J connectivity index is 1.96. The fraction of sp³-hybridized carbons (Fsp3) is 0.263. The van der Waals surface area contributed by atoms with Gasteiger partial charge in [0.15, 0.2) is 0 Å². The van der Waals surface area contributed by atoms with Crippen molar-refractivity contribution in [2.75, 3.05) is 6.54 Å². The number of dihydropyridines is 1. The number of allylic oxidation sites excluding steroid dienone is 5. The maximum Gasteiger partial charge on any atom is 0.0415 e. The van der Waals surface area contributed by atoms with Gasteiger partial charge in [0, 0.05) is 12.2 Å². The standard InChI is InChI=1S/C19H21N/c1-2-15-13-19(17-11-7-4-8-12-17)20-14-18(15)16-9-5-3-6-10-16/h3,5-7,9-13,20H,2,4,8,14H2,1H3. The molecule has 0 saturated carbocycles. The summed E-state index contributed by atoms with van der Waals surface area (Å²) in [6, 6.07) is 10.7. The fourth-order valence-electron chi connectivity index (χ4n) is 2.85. The van der Waals surface area contributed by atoms with Gasteiger partial charge in [-0.15, -0.1) is 0 Å². The zero-order chi connectivity index (χ0) is 13.8. The summed E-state index contributed by atoms with van der Waals surface area (Å²) >= 11 is 0. The van der Waals surface area contributed by atoms with E-state index >= 15 is 0 Å². The first-order valence-corrected chi connectivity index (χ1v) is 7.48. The van der Waals surface area contributed by atoms with Crippen LogP contribution in [0.25, 0.3) is 5.57 Å². The van der Waals surface area contributed by atoms with Gasteiger partial charge in [0.25, 0.3) is 0 Å². The predicted octanol–water partition coefficient (Wildman–Crippen LogP) is 4.61. The maximum atomic E-state index is 3.59. The first-order valence-electron chi connectivity index (χ1n) is 7.48. The van der Waals surface area contributed by atoms with Crippen LogP contribution in [0.5, 0.6) is 0 Å². The summed E-state index contributed by atoms with van der Waals surface area (Å²) in [5, 5.41) is 3.59. The monoisotopic (exact) mass is 263 g/mol. The van der Waals surface area contributed by atoms with Crippen LogP contribution in [0.3, 0.4) is 0 Å². The first-order chi connectivity index (χ1) is 9.88. The van der Waals surface area contributed by atoms with Crippen molar-refractivity contribution in [1.82, 2.24) is 5.32 Å². The Morgan fingerprint density at radius 3 is 2.65 bits per heavy atom. The van der Waals surface area contributed by atoms with E-state index in [0.717, 1.165) is 19.4 Å². The molecule has 1 aliphatic heterocycles. The minimum atomic E-state index is 0.921. The van der Waals surface area contributed by atoms with Gasteiger partial charge >= 0.3 is 0 Å². The molecule has 0 radical (unpaired) electrons. The second-order valence-corrected chi connectivity index (χ2v) is 5.27. The molecule has 3 rings (SSSR count). The summed E-state index contributed by atoms with van der Waals surface area (Å²) in [7, 11) is 0. The maximum absolute atomic E-state index is 3.59. The van der Waals surface area contributed by atoms with E-state index in [4.69, 9.17) is 0 Å². The fourth-order valence-corrected chi connectivity index (χ4v) is 2.85. The summed E-state index contributed by atoms with van der Waals surface area (Å²) in [6.07, 6.45) is 12.6. The second-order valence-electron chi connectivity index (χ2n) is 5.27. The molecule has 0 fully saturated rings. The SMILES string of the molecule is CCC1=C(c2ccccc2)CNC(C2=CCCC=C2)=C1. The van der Waals surface area contributed by atoms with Crippen LogP contribution in [0.1, 0.15) is 31.7 Å². The number of rotatable bonds is 3. The number of benzene rings is 1. The van der Waals surface area contributed by atoms with E-state index in [0.29, 0.717) is 0 Å². The van der Waals surface area contributed by atoms with Crippen molar-refractivity contribution in [2.24, 2.45) is 0 Å². The average Bonchev–Trinajstić information content (AvgIpc) is 2.56. The third kappa shape index (κ3) is 2.62. The molecule has 102 valence electrons. The van der Waals surface area contributed by atoms with Gasteiger partial charge in [0.05, 0.1) is 0 Å². The molecule has 1 aliphatic carbocycles. The van der Waals surface area contributed by atoms with Crippen LogP contribution in [-0.4, -0.2) is 6.54 Å². The van der Waals surface area contributed by atoms with Crippen molar-refractivity contribution < 1.29 is 0 Å². The zero-order valence-corrected chi connectivity index (χ0v) is 12.0. The van der Waals surface area contributed by atoms with Crippen LogP contribution in [0.4, 0.5) is 0 Å².